The summed E-state index contributed by atoms with van der Waals surface area (Å²) >= 11 is 0. The number of amides is 1. The average Bonchev–Trinajstić information content (AvgIpc) is 2.50. The minimum atomic E-state index is -0.0869. The quantitative estimate of drug-likeness (QED) is 0.627. The molecule has 0 saturated carbocycles. The van der Waals surface area contributed by atoms with Crippen LogP contribution >= 0.6 is 0 Å². The highest BCUT2D eigenvalue weighted by Gasteiger charge is 2.23. The largest absolute Gasteiger partial charge is 0.398 e. The van der Waals surface area contributed by atoms with E-state index in [4.69, 9.17) is 5.73 Å². The van der Waals surface area contributed by atoms with Crippen LogP contribution in [0, 0.1) is 0 Å². The van der Waals surface area contributed by atoms with Gasteiger partial charge in [-0.1, -0.05) is 18.7 Å². The maximum absolute atomic E-state index is 11.3. The maximum Gasteiger partial charge on any atom is 0.254 e. The lowest BCUT2D eigenvalue weighted by Gasteiger charge is -2.03. The number of carbonyl (C=O) groups is 1. The van der Waals surface area contributed by atoms with Crippen LogP contribution in [0.5, 0.6) is 0 Å². The van der Waals surface area contributed by atoms with Gasteiger partial charge in [-0.05, 0) is 17.2 Å². The van der Waals surface area contributed by atoms with Gasteiger partial charge in [0.05, 0.1) is 5.56 Å². The van der Waals surface area contributed by atoms with Gasteiger partial charge in [0.2, 0.25) is 0 Å². The van der Waals surface area contributed by atoms with Crippen LogP contribution in [0.2, 0.25) is 0 Å². The topological polar surface area (TPSA) is 55.1 Å². The van der Waals surface area contributed by atoms with E-state index in [1.807, 2.05) is 6.07 Å². The van der Waals surface area contributed by atoms with Crippen molar-refractivity contribution >= 4 is 17.7 Å². The molecule has 0 unspecified atom stereocenters. The fourth-order valence-corrected chi connectivity index (χ4v) is 1.59. The lowest BCUT2D eigenvalue weighted by molar-refractivity contribution is 0.0966. The second kappa shape index (κ2) is 2.62. The first-order chi connectivity index (χ1) is 6.24. The maximum atomic E-state index is 11.3. The second-order valence-electron chi connectivity index (χ2n) is 2.98. The first kappa shape index (κ1) is 7.86. The summed E-state index contributed by atoms with van der Waals surface area (Å²) in [7, 11) is 0. The molecule has 1 aromatic carbocycles. The zero-order valence-corrected chi connectivity index (χ0v) is 7.13. The molecule has 0 fully saturated rings. The van der Waals surface area contributed by atoms with Gasteiger partial charge in [-0.2, -0.15) is 0 Å². The van der Waals surface area contributed by atoms with Gasteiger partial charge in [-0.15, -0.1) is 0 Å². The lowest BCUT2D eigenvalue weighted by Crippen LogP contribution is -2.13. The summed E-state index contributed by atoms with van der Waals surface area (Å²) in [4.78, 5) is 11.3. The Hall–Kier alpha value is -1.77. The van der Waals surface area contributed by atoms with E-state index in [0.717, 1.165) is 11.1 Å². The second-order valence-corrected chi connectivity index (χ2v) is 2.98. The fraction of sp³-hybridized carbons (Fsp3) is 0.100. The van der Waals surface area contributed by atoms with Crippen molar-refractivity contribution in [2.45, 2.75) is 6.54 Å². The molecule has 0 saturated heterocycles. The van der Waals surface area contributed by atoms with Crippen molar-refractivity contribution in [1.29, 1.82) is 0 Å². The van der Waals surface area contributed by atoms with Crippen LogP contribution in [0.15, 0.2) is 18.7 Å². The third-order valence-electron chi connectivity index (χ3n) is 2.25. The molecule has 0 aromatic heterocycles. The van der Waals surface area contributed by atoms with Gasteiger partial charge in [0.25, 0.3) is 5.91 Å². The molecule has 66 valence electrons. The number of benzene rings is 1. The van der Waals surface area contributed by atoms with Gasteiger partial charge in [0.1, 0.15) is 0 Å². The van der Waals surface area contributed by atoms with Crippen molar-refractivity contribution in [3.63, 3.8) is 0 Å². The Morgan fingerprint density at radius 1 is 1.54 bits per heavy atom. The Labute approximate surface area is 76.2 Å². The van der Waals surface area contributed by atoms with Crippen LogP contribution in [0.4, 0.5) is 5.69 Å². The highest BCUT2D eigenvalue weighted by Crippen LogP contribution is 2.25. The third-order valence-corrected chi connectivity index (χ3v) is 2.25. The van der Waals surface area contributed by atoms with Crippen LogP contribution in [0.3, 0.4) is 0 Å². The smallest absolute Gasteiger partial charge is 0.254 e. The standard InChI is InChI=1S/C10H10N2O/c1-2-6-3-4-8(11)9-7(6)5-12-10(9)13/h2-4H,1,5,11H2,(H,12,13). The van der Waals surface area contributed by atoms with Crippen molar-refractivity contribution in [1.82, 2.24) is 5.32 Å². The van der Waals surface area contributed by atoms with Crippen molar-refractivity contribution in [3.8, 4) is 0 Å². The summed E-state index contributed by atoms with van der Waals surface area (Å²) in [5, 5.41) is 2.73. The van der Waals surface area contributed by atoms with Crippen LogP contribution < -0.4 is 11.1 Å². The van der Waals surface area contributed by atoms with E-state index >= 15 is 0 Å². The molecule has 0 radical (unpaired) electrons. The molecule has 2 rings (SSSR count). The molecule has 1 aliphatic rings. The van der Waals surface area contributed by atoms with Crippen molar-refractivity contribution in [2.75, 3.05) is 5.73 Å². The van der Waals surface area contributed by atoms with Gasteiger partial charge < -0.3 is 11.1 Å². The summed E-state index contributed by atoms with van der Waals surface area (Å²) in [5.74, 6) is -0.0869. The molecular formula is C10H10N2O. The molecule has 0 aliphatic carbocycles. The van der Waals surface area contributed by atoms with Gasteiger partial charge >= 0.3 is 0 Å². The number of carbonyl (C=O) groups excluding carboxylic acids is 1. The Morgan fingerprint density at radius 2 is 2.31 bits per heavy atom. The number of nitrogens with one attached hydrogen (secondary N) is 1. The van der Waals surface area contributed by atoms with Gasteiger partial charge in [0.15, 0.2) is 0 Å². The molecule has 3 heteroatoms. The number of anilines is 1. The van der Waals surface area contributed by atoms with Crippen LogP contribution in [0.25, 0.3) is 6.08 Å². The zero-order chi connectivity index (χ0) is 9.42. The van der Waals surface area contributed by atoms with E-state index in [1.54, 1.807) is 12.1 Å². The predicted octanol–water partition coefficient (Wildman–Crippen LogP) is 1.16. The van der Waals surface area contributed by atoms with E-state index in [9.17, 15) is 4.79 Å². The predicted molar refractivity (Wildman–Crippen MR) is 52.1 cm³/mol. The molecule has 1 amide bonds. The molecule has 1 aliphatic heterocycles. The molecule has 13 heavy (non-hydrogen) atoms. The van der Waals surface area contributed by atoms with Gasteiger partial charge in [-0.3, -0.25) is 4.79 Å². The van der Waals surface area contributed by atoms with E-state index in [2.05, 4.69) is 11.9 Å². The number of rotatable bonds is 1. The number of hydrogen-bond donors (Lipinski definition) is 2. The Kier molecular flexibility index (Phi) is 1.59. The molecule has 1 heterocycles. The van der Waals surface area contributed by atoms with E-state index in [0.29, 0.717) is 17.8 Å². The molecule has 0 bridgehead atoms. The molecule has 3 N–H and O–H groups in total. The number of fused-ring (bicyclic) bond motifs is 1. The summed E-state index contributed by atoms with van der Waals surface area (Å²) < 4.78 is 0. The van der Waals surface area contributed by atoms with Crippen LogP contribution in [0.1, 0.15) is 21.5 Å². The van der Waals surface area contributed by atoms with E-state index in [1.165, 1.54) is 0 Å². The van der Waals surface area contributed by atoms with E-state index < -0.39 is 0 Å². The minimum absolute atomic E-state index is 0.0869. The van der Waals surface area contributed by atoms with Gasteiger partial charge in [-0.25, -0.2) is 0 Å². The number of nitrogens with two attached hydrogens (primary N) is 1. The summed E-state index contributed by atoms with van der Waals surface area (Å²) in [5.41, 5.74) is 8.77. The van der Waals surface area contributed by atoms with Crippen molar-refractivity contribution < 1.29 is 4.79 Å². The minimum Gasteiger partial charge on any atom is -0.398 e. The SMILES string of the molecule is C=Cc1ccc(N)c2c1CNC2=O. The Bertz CT molecular complexity index is 396. The first-order valence-electron chi connectivity index (χ1n) is 4.06. The monoisotopic (exact) mass is 174 g/mol. The normalized spacial score (nSPS) is 13.7. The van der Waals surface area contributed by atoms with Crippen molar-refractivity contribution in [2.24, 2.45) is 0 Å². The average molecular weight is 174 g/mol. The van der Waals surface area contributed by atoms with Crippen LogP contribution in [-0.4, -0.2) is 5.91 Å². The molecule has 3 nitrogen and oxygen atoms in total. The molecule has 1 aromatic rings. The molecule has 0 spiro atoms. The van der Waals surface area contributed by atoms with Gasteiger partial charge in [0, 0.05) is 12.2 Å². The highest BCUT2D eigenvalue weighted by atomic mass is 16.1. The van der Waals surface area contributed by atoms with E-state index in [-0.39, 0.29) is 5.91 Å². The molecular weight excluding hydrogens is 164 g/mol. The van der Waals surface area contributed by atoms with Crippen molar-refractivity contribution in [3.05, 3.63) is 35.4 Å². The summed E-state index contributed by atoms with van der Waals surface area (Å²) in [6.45, 7) is 4.24. The number of hydrogen-bond acceptors (Lipinski definition) is 2. The summed E-state index contributed by atoms with van der Waals surface area (Å²) in [6, 6.07) is 3.61. The summed E-state index contributed by atoms with van der Waals surface area (Å²) in [6.07, 6.45) is 1.73. The Morgan fingerprint density at radius 3 is 3.00 bits per heavy atom. The highest BCUT2D eigenvalue weighted by molar-refractivity contribution is 6.04. The van der Waals surface area contributed by atoms with Crippen LogP contribution in [-0.2, 0) is 6.54 Å². The Balaban J connectivity index is 2.72. The lowest BCUT2D eigenvalue weighted by atomic mass is 10.0. The number of nitrogen functional groups attached to an aromatic ring is 1. The zero-order valence-electron chi connectivity index (χ0n) is 7.13. The fourth-order valence-electron chi connectivity index (χ4n) is 1.59. The third kappa shape index (κ3) is 1.01. The molecule has 0 atom stereocenters. The first-order valence-corrected chi connectivity index (χ1v) is 4.06.